The number of fused-ring (bicyclic) bond motifs is 10. The van der Waals surface area contributed by atoms with Crippen LogP contribution in [0.15, 0.2) is 349 Å². The maximum absolute atomic E-state index is 14.5. The first-order valence-electron chi connectivity index (χ1n) is 34.9. The number of carbonyl (C=O) groups is 2. The molecule has 0 spiro atoms. The molecule has 1 saturated heterocycles. The monoisotopic (exact) mass is 1690 g/mol. The Morgan fingerprint density at radius 3 is 0.856 bits per heavy atom. The van der Waals surface area contributed by atoms with Crippen LogP contribution in [-0.2, 0) is 58.2 Å². The molecular weight excluding hydrogens is 1630 g/mol. The van der Waals surface area contributed by atoms with E-state index in [9.17, 15) is 47.5 Å². The molecule has 6 aliphatic rings. The third kappa shape index (κ3) is 12.0. The van der Waals surface area contributed by atoms with Crippen LogP contribution >= 0.6 is 31.9 Å². The van der Waals surface area contributed by atoms with Crippen molar-refractivity contribution in [3.05, 3.63) is 322 Å². The summed E-state index contributed by atoms with van der Waals surface area (Å²) in [6.07, 6.45) is 0. The minimum atomic E-state index is -4.13. The summed E-state index contributed by atoms with van der Waals surface area (Å²) in [7, 11) is -18.3. The summed E-state index contributed by atoms with van der Waals surface area (Å²) in [5, 5.41) is 0. The quantitative estimate of drug-likeness (QED) is 0.112. The molecule has 0 amide bonds. The number of carbonyl (C=O) groups excluding carboxylic acids is 2. The highest BCUT2D eigenvalue weighted by Crippen LogP contribution is 2.52. The number of nitrogens with zero attached hydrogens (tertiary/aromatic N) is 3. The fourth-order valence-electron chi connectivity index (χ4n) is 14.8. The number of hydrogen-bond acceptors (Lipinski definition) is 16. The zero-order valence-electron chi connectivity index (χ0n) is 59.4. The molecule has 0 atom stereocenters. The molecule has 6 aliphatic heterocycles. The van der Waals surface area contributed by atoms with Gasteiger partial charge in [0.05, 0.1) is 94.3 Å². The van der Waals surface area contributed by atoms with Gasteiger partial charge in [-0.25, -0.2) is 33.7 Å². The Balaban J connectivity index is 0.000000147. The summed E-state index contributed by atoms with van der Waals surface area (Å²) in [5.41, 5.74) is 9.82. The van der Waals surface area contributed by atoms with Gasteiger partial charge in [0.1, 0.15) is 0 Å². The van der Waals surface area contributed by atoms with Crippen LogP contribution in [0.2, 0.25) is 0 Å². The molecule has 16 nitrogen and oxygen atoms in total. The summed E-state index contributed by atoms with van der Waals surface area (Å²) in [4.78, 5) is 34.5. The molecule has 0 unspecified atom stereocenters. The topological polar surface area (TPSA) is 216 Å². The number of sulfone groups is 4. The van der Waals surface area contributed by atoms with Gasteiger partial charge in [-0.2, -0.15) is 0 Å². The van der Waals surface area contributed by atoms with Crippen molar-refractivity contribution >= 4 is 162 Å². The second-order valence-electron chi connectivity index (χ2n) is 28.1. The molecule has 111 heavy (non-hydrogen) atoms. The van der Waals surface area contributed by atoms with E-state index in [0.29, 0.717) is 62.4 Å². The van der Waals surface area contributed by atoms with Crippen LogP contribution in [0, 0.1) is 0 Å². The second kappa shape index (κ2) is 26.8. The number of rotatable bonds is 6. The lowest BCUT2D eigenvalue weighted by atomic mass is 9.79. The van der Waals surface area contributed by atoms with E-state index in [1.807, 2.05) is 183 Å². The predicted octanol–water partition coefficient (Wildman–Crippen LogP) is 19.1. The summed E-state index contributed by atoms with van der Waals surface area (Å²) >= 11 is 6.46. The number of benzene rings is 13. The van der Waals surface area contributed by atoms with Crippen molar-refractivity contribution in [2.75, 3.05) is 14.7 Å². The first-order chi connectivity index (χ1) is 53.0. The zero-order valence-corrected chi connectivity index (χ0v) is 66.7. The van der Waals surface area contributed by atoms with Crippen LogP contribution in [0.1, 0.15) is 59.5 Å². The maximum Gasteiger partial charge on any atom is 0.494 e. The molecule has 0 N–H and O–H groups in total. The number of anilines is 9. The molecule has 0 bridgehead atoms. The molecule has 0 saturated carbocycles. The van der Waals surface area contributed by atoms with Crippen LogP contribution in [-0.4, -0.2) is 73.6 Å². The highest BCUT2D eigenvalue weighted by atomic mass is 79.9. The number of para-hydroxylation sites is 6. The molecule has 6 heterocycles. The number of halogens is 2. The average molecular weight is 1690 g/mol. The Kier molecular flexibility index (Phi) is 17.7. The predicted molar refractivity (Wildman–Crippen MR) is 439 cm³/mol. The van der Waals surface area contributed by atoms with E-state index in [1.54, 1.807) is 121 Å². The van der Waals surface area contributed by atoms with Gasteiger partial charge in [0.2, 0.25) is 39.3 Å². The van der Waals surface area contributed by atoms with E-state index in [0.717, 1.165) is 45.0 Å². The number of hydrogen-bond donors (Lipinski definition) is 0. The fraction of sp³-hybridized carbons (Fsp3) is 0.0690. The lowest BCUT2D eigenvalue weighted by Gasteiger charge is -2.35. The molecule has 13 aromatic rings. The van der Waals surface area contributed by atoms with Gasteiger partial charge < -0.3 is 24.0 Å². The van der Waals surface area contributed by atoms with Gasteiger partial charge in [0.25, 0.3) is 0 Å². The van der Waals surface area contributed by atoms with Crippen molar-refractivity contribution in [2.24, 2.45) is 0 Å². The zero-order chi connectivity index (χ0) is 77.6. The van der Waals surface area contributed by atoms with Gasteiger partial charge >= 0.3 is 7.12 Å². The fourth-order valence-corrected chi connectivity index (χ4v) is 24.3. The molecule has 13 aromatic carbocycles. The van der Waals surface area contributed by atoms with Gasteiger partial charge in [0.15, 0.2) is 11.6 Å². The molecule has 550 valence electrons. The van der Waals surface area contributed by atoms with Crippen molar-refractivity contribution in [3.8, 4) is 22.3 Å². The molecule has 19 rings (SSSR count). The van der Waals surface area contributed by atoms with E-state index in [2.05, 4.69) is 42.6 Å². The number of ketones is 2. The lowest BCUT2D eigenvalue weighted by Crippen LogP contribution is -2.41. The minimum Gasteiger partial charge on any atom is -0.399 e. The first-order valence-corrected chi connectivity index (χ1v) is 44.2. The van der Waals surface area contributed by atoms with E-state index in [1.165, 1.54) is 24.3 Å². The highest BCUT2D eigenvalue weighted by Gasteiger charge is 2.52. The molecule has 0 aliphatic carbocycles. The SMILES string of the molecule is C=S1(=O)c2ccccc2N(c2ccc(-c3ccc4c(c3)S(=O)(=O)c3cc(-c5ccc(N6c7ccccc7S(=O)(=O)c7ccccc76)cc5)ccc3C4=O)cc2)c2ccccc21.CC1(C)OB(c2ccc(N3c4ccccc4S(=O)(=O)c4ccccc43)cc2)OC1(C)C.O=C1c2ccc(Br)cc2S(=O)(=O)c2cc(Br)ccc21. The third-order valence-corrected chi connectivity index (χ3v) is 31.5. The smallest absolute Gasteiger partial charge is 0.399 e. The molecule has 0 radical (unpaired) electrons. The van der Waals surface area contributed by atoms with Crippen molar-refractivity contribution in [1.82, 2.24) is 0 Å². The van der Waals surface area contributed by atoms with Crippen molar-refractivity contribution in [1.29, 1.82) is 0 Å². The van der Waals surface area contributed by atoms with E-state index < -0.39 is 67.2 Å². The van der Waals surface area contributed by atoms with Gasteiger partial charge in [-0.1, -0.05) is 153 Å². The summed E-state index contributed by atoms with van der Waals surface area (Å²) in [6.45, 7) is 8.12. The summed E-state index contributed by atoms with van der Waals surface area (Å²) < 4.78 is 135. The van der Waals surface area contributed by atoms with Gasteiger partial charge in [0, 0.05) is 57.8 Å². The Bertz CT molecular complexity index is 6320. The Labute approximate surface area is 660 Å². The Morgan fingerprint density at radius 1 is 0.297 bits per heavy atom. The van der Waals surface area contributed by atoms with Gasteiger partial charge in [-0.15, -0.1) is 0 Å². The third-order valence-electron chi connectivity index (χ3n) is 21.1. The van der Waals surface area contributed by atoms with E-state index in [4.69, 9.17) is 9.31 Å². The van der Waals surface area contributed by atoms with Crippen LogP contribution in [0.25, 0.3) is 22.3 Å². The van der Waals surface area contributed by atoms with Crippen molar-refractivity contribution in [3.63, 3.8) is 0 Å². The van der Waals surface area contributed by atoms with Crippen molar-refractivity contribution < 1.29 is 56.8 Å². The van der Waals surface area contributed by atoms with Crippen LogP contribution in [0.4, 0.5) is 51.2 Å². The minimum absolute atomic E-state index is 0.0532. The molecular formula is C87H62BBr2N3O13S5. The second-order valence-corrected chi connectivity index (χ2v) is 39.7. The Morgan fingerprint density at radius 2 is 0.541 bits per heavy atom. The average Bonchev–Trinajstić information content (AvgIpc) is 1.26. The van der Waals surface area contributed by atoms with Crippen LogP contribution < -0.4 is 20.2 Å². The largest absolute Gasteiger partial charge is 0.494 e. The molecule has 0 aromatic heterocycles. The summed E-state index contributed by atoms with van der Waals surface area (Å²) in [5.74, 6) is 3.49. The molecule has 24 heteroatoms. The molecule has 1 fully saturated rings. The van der Waals surface area contributed by atoms with Gasteiger partial charge in [-0.05, 0) is 231 Å². The van der Waals surface area contributed by atoms with Gasteiger partial charge in [-0.3, -0.25) is 13.8 Å². The van der Waals surface area contributed by atoms with Crippen LogP contribution in [0.5, 0.6) is 0 Å². The Hall–Kier alpha value is -10.6. The first kappa shape index (κ1) is 73.2. The summed E-state index contributed by atoms with van der Waals surface area (Å²) in [6, 6.07) is 85.2. The van der Waals surface area contributed by atoms with E-state index >= 15 is 0 Å². The lowest BCUT2D eigenvalue weighted by molar-refractivity contribution is 0.00578. The van der Waals surface area contributed by atoms with Crippen LogP contribution in [0.3, 0.4) is 0 Å². The van der Waals surface area contributed by atoms with E-state index in [-0.39, 0.29) is 63.2 Å². The van der Waals surface area contributed by atoms with Crippen molar-refractivity contribution in [2.45, 2.75) is 87.9 Å². The standard InChI is InChI=1S/C50H32N2O6S3.C24H24BNO4S.C13H6Br2O3S/c1-59(54)44-14-6-2-10-40(44)51(41-11-3-7-15-45(41)59)36-24-18-32(19-25-36)34-22-28-38-48(30-34)61(57,58)49-31-35(23-29-39(49)50(38)53)33-20-26-37(27-21-33)52-42-12-4-8-16-46(42)60(55,56)47-17-9-5-13-43(47)52;1-23(2)24(3,4)30-25(29-23)17-13-15-18(16-14-17)26-19-9-5-7-11-21(19)31(27,28)22-12-8-6-10-20(22)26;14-7-1-3-9-11(5-7)19(17,18)12-6-8(15)2-4-10(12)13(9)16/h2-31H,1H2;5-16H,1-4H3;1-6H. The maximum atomic E-state index is 14.5. The normalized spacial score (nSPS) is 17.1. The highest BCUT2D eigenvalue weighted by molar-refractivity contribution is 9.10.